The Hall–Kier alpha value is -0.723. The van der Waals surface area contributed by atoms with Gasteiger partial charge in [0.15, 0.2) is 8.32 Å². The first-order valence-electron chi connectivity index (χ1n) is 8.88. The van der Waals surface area contributed by atoms with Crippen LogP contribution in [0.4, 0.5) is 0 Å². The molecule has 0 bridgehead atoms. The molecular formula is C18H30BrNO3Si. The number of ether oxygens (including phenoxy) is 1. The van der Waals surface area contributed by atoms with Crippen molar-refractivity contribution in [2.75, 3.05) is 11.9 Å². The number of carbonyl (C=O) groups is 1. The molecule has 1 unspecified atom stereocenters. The van der Waals surface area contributed by atoms with Gasteiger partial charge in [-0.3, -0.25) is 9.78 Å². The fourth-order valence-corrected chi connectivity index (χ4v) is 6.37. The quantitative estimate of drug-likeness (QED) is 0.288. The number of nitrogens with zero attached hydrogens (tertiary/aromatic N) is 1. The number of aromatic nitrogens is 1. The van der Waals surface area contributed by atoms with E-state index in [1.165, 1.54) is 0 Å². The van der Waals surface area contributed by atoms with Crippen LogP contribution in [0.25, 0.3) is 0 Å². The molecule has 0 aromatic carbocycles. The maximum absolute atomic E-state index is 11.7. The fourth-order valence-electron chi connectivity index (χ4n) is 2.88. The van der Waals surface area contributed by atoms with E-state index in [1.807, 2.05) is 19.1 Å². The molecule has 136 valence electrons. The molecular weight excluding hydrogens is 386 g/mol. The molecule has 0 aliphatic heterocycles. The zero-order valence-corrected chi connectivity index (χ0v) is 17.9. The van der Waals surface area contributed by atoms with Crippen molar-refractivity contribution in [2.24, 2.45) is 0 Å². The van der Waals surface area contributed by atoms with Crippen molar-refractivity contribution >= 4 is 30.2 Å². The minimum absolute atomic E-state index is 0.0603. The summed E-state index contributed by atoms with van der Waals surface area (Å²) in [5.74, 6) is -0.164. The lowest BCUT2D eigenvalue weighted by molar-refractivity contribution is -0.143. The Kier molecular flexibility index (Phi) is 9.77. The minimum Gasteiger partial charge on any atom is -0.466 e. The Morgan fingerprint density at radius 2 is 1.92 bits per heavy atom. The van der Waals surface area contributed by atoms with Crippen molar-refractivity contribution in [1.82, 2.24) is 4.98 Å². The summed E-state index contributed by atoms with van der Waals surface area (Å²) in [4.78, 5) is 16.2. The van der Waals surface area contributed by atoms with E-state index in [-0.39, 0.29) is 12.1 Å². The highest BCUT2D eigenvalue weighted by Crippen LogP contribution is 2.31. The smallest absolute Gasteiger partial charge is 0.306 e. The summed E-state index contributed by atoms with van der Waals surface area (Å²) in [7, 11) is -1.73. The van der Waals surface area contributed by atoms with Gasteiger partial charge in [0.25, 0.3) is 0 Å². The molecule has 4 nitrogen and oxygen atoms in total. The summed E-state index contributed by atoms with van der Waals surface area (Å²) in [6, 6.07) is 7.27. The van der Waals surface area contributed by atoms with Gasteiger partial charge in [-0.05, 0) is 43.1 Å². The summed E-state index contributed by atoms with van der Waals surface area (Å²) >= 11 is 3.60. The van der Waals surface area contributed by atoms with Crippen LogP contribution in [0.1, 0.15) is 51.5 Å². The lowest BCUT2D eigenvalue weighted by Gasteiger charge is -2.33. The van der Waals surface area contributed by atoms with E-state index < -0.39 is 8.32 Å². The molecule has 0 aliphatic rings. The molecule has 0 spiro atoms. The maximum Gasteiger partial charge on any atom is 0.306 e. The average Bonchev–Trinajstić information content (AvgIpc) is 2.62. The van der Waals surface area contributed by atoms with Crippen LogP contribution in [0, 0.1) is 0 Å². The summed E-state index contributed by atoms with van der Waals surface area (Å²) < 4.78 is 11.7. The van der Waals surface area contributed by atoms with Crippen LogP contribution in [-0.2, 0) is 20.4 Å². The number of hydrogen-bond donors (Lipinski definition) is 0. The van der Waals surface area contributed by atoms with Crippen LogP contribution < -0.4 is 0 Å². The van der Waals surface area contributed by atoms with Crippen LogP contribution in [0.5, 0.6) is 0 Å². The molecule has 24 heavy (non-hydrogen) atoms. The van der Waals surface area contributed by atoms with Gasteiger partial charge in [0.05, 0.1) is 18.4 Å². The van der Waals surface area contributed by atoms with Crippen LogP contribution in [0.2, 0.25) is 18.1 Å². The molecule has 0 fully saturated rings. The third kappa shape index (κ3) is 5.97. The van der Waals surface area contributed by atoms with Crippen molar-refractivity contribution in [3.05, 3.63) is 29.6 Å². The van der Waals surface area contributed by atoms with E-state index in [2.05, 4.69) is 41.7 Å². The summed E-state index contributed by atoms with van der Waals surface area (Å²) in [5.41, 5.74) is 2.02. The number of halogens is 1. The lowest BCUT2D eigenvalue weighted by Crippen LogP contribution is -2.38. The molecule has 0 saturated carbocycles. The van der Waals surface area contributed by atoms with Gasteiger partial charge in [-0.2, -0.15) is 0 Å². The molecule has 0 amide bonds. The third-order valence-electron chi connectivity index (χ3n) is 4.60. The summed E-state index contributed by atoms with van der Waals surface area (Å²) in [6.07, 6.45) is 2.75. The Morgan fingerprint density at radius 3 is 2.46 bits per heavy atom. The van der Waals surface area contributed by atoms with Gasteiger partial charge in [-0.25, -0.2) is 0 Å². The molecule has 0 aliphatic carbocycles. The van der Waals surface area contributed by atoms with Crippen LogP contribution in [0.15, 0.2) is 18.3 Å². The molecule has 1 atom stereocenters. The van der Waals surface area contributed by atoms with Crippen molar-refractivity contribution in [3.63, 3.8) is 0 Å². The molecule has 0 radical (unpaired) electrons. The van der Waals surface area contributed by atoms with Gasteiger partial charge in [0.2, 0.25) is 0 Å². The Balaban J connectivity index is 2.95. The van der Waals surface area contributed by atoms with Crippen LogP contribution >= 0.6 is 15.9 Å². The molecule has 6 heteroatoms. The van der Waals surface area contributed by atoms with E-state index in [0.717, 1.165) is 29.4 Å². The third-order valence-corrected chi connectivity index (χ3v) is 9.84. The van der Waals surface area contributed by atoms with Crippen molar-refractivity contribution in [3.8, 4) is 0 Å². The van der Waals surface area contributed by atoms with Gasteiger partial charge in [0, 0.05) is 17.9 Å². The van der Waals surface area contributed by atoms with E-state index in [1.54, 1.807) is 6.20 Å². The summed E-state index contributed by atoms with van der Waals surface area (Å²) in [6.45, 7) is 8.93. The zero-order chi connectivity index (χ0) is 18.0. The highest BCUT2D eigenvalue weighted by molar-refractivity contribution is 9.09. The van der Waals surface area contributed by atoms with Gasteiger partial charge in [-0.15, -0.1) is 0 Å². The number of alkyl halides is 1. The normalized spacial score (nSPS) is 12.9. The van der Waals surface area contributed by atoms with E-state index >= 15 is 0 Å². The van der Waals surface area contributed by atoms with E-state index in [4.69, 9.17) is 9.16 Å². The average molecular weight is 416 g/mol. The first-order valence-corrected chi connectivity index (χ1v) is 12.5. The molecule has 0 saturated heterocycles. The molecule has 0 N–H and O–H groups in total. The van der Waals surface area contributed by atoms with Crippen LogP contribution in [0.3, 0.4) is 0 Å². The first kappa shape index (κ1) is 21.3. The van der Waals surface area contributed by atoms with Gasteiger partial charge >= 0.3 is 5.97 Å². The highest BCUT2D eigenvalue weighted by Gasteiger charge is 2.33. The zero-order valence-electron chi connectivity index (χ0n) is 15.3. The standard InChI is InChI=1S/C18H30BrNO3Si/c1-5-22-17(21)12-11-15-10-9-13-20-18(15)16(14-19)23-24(6-2,7-3)8-4/h9-10,13,16H,5-8,11-12,14H2,1-4H3. The van der Waals surface area contributed by atoms with Gasteiger partial charge < -0.3 is 9.16 Å². The molecule has 1 aromatic rings. The largest absolute Gasteiger partial charge is 0.466 e. The molecule has 1 heterocycles. The monoisotopic (exact) mass is 415 g/mol. The number of hydrogen-bond acceptors (Lipinski definition) is 4. The van der Waals surface area contributed by atoms with Crippen molar-refractivity contribution < 1.29 is 14.0 Å². The van der Waals surface area contributed by atoms with E-state index in [0.29, 0.717) is 24.8 Å². The van der Waals surface area contributed by atoms with Crippen molar-refractivity contribution in [1.29, 1.82) is 0 Å². The Labute approximate surface area is 155 Å². The Morgan fingerprint density at radius 1 is 1.25 bits per heavy atom. The number of carbonyl (C=O) groups excluding carboxylic acids is 1. The second-order valence-corrected chi connectivity index (χ2v) is 11.2. The predicted octanol–water partition coefficient (Wildman–Crippen LogP) is 5.04. The van der Waals surface area contributed by atoms with E-state index in [9.17, 15) is 4.79 Å². The second-order valence-electron chi connectivity index (χ2n) is 5.86. The first-order chi connectivity index (χ1) is 11.6. The topological polar surface area (TPSA) is 48.4 Å². The number of aryl methyl sites for hydroxylation is 1. The predicted molar refractivity (Wildman–Crippen MR) is 104 cm³/mol. The number of rotatable bonds is 11. The van der Waals surface area contributed by atoms with Gasteiger partial charge in [0.1, 0.15) is 0 Å². The fraction of sp³-hybridized carbons (Fsp3) is 0.667. The maximum atomic E-state index is 11.7. The lowest BCUT2D eigenvalue weighted by atomic mass is 10.1. The van der Waals surface area contributed by atoms with Gasteiger partial charge in [-0.1, -0.05) is 42.8 Å². The minimum atomic E-state index is -1.73. The molecule has 1 aromatic heterocycles. The Bertz CT molecular complexity index is 501. The second kappa shape index (κ2) is 11.0. The highest BCUT2D eigenvalue weighted by atomic mass is 79.9. The number of esters is 1. The summed E-state index contributed by atoms with van der Waals surface area (Å²) in [5, 5.41) is 0.713. The van der Waals surface area contributed by atoms with Crippen molar-refractivity contribution in [2.45, 2.75) is 64.8 Å². The SMILES string of the molecule is CCOC(=O)CCc1cccnc1C(CBr)O[Si](CC)(CC)CC. The van der Waals surface area contributed by atoms with Crippen LogP contribution in [-0.4, -0.2) is 31.2 Å². The molecule has 1 rings (SSSR count). The number of pyridine rings is 1.